The summed E-state index contributed by atoms with van der Waals surface area (Å²) in [5.74, 6) is -0.148. The molecule has 20 heavy (non-hydrogen) atoms. The maximum Gasteiger partial charge on any atom is 0.329 e. The van der Waals surface area contributed by atoms with Crippen LogP contribution in [0.4, 0.5) is 15.8 Å². The number of hydrogen-bond acceptors (Lipinski definition) is 3. The van der Waals surface area contributed by atoms with Gasteiger partial charge in [-0.1, -0.05) is 27.7 Å². The first-order valence-electron chi connectivity index (χ1n) is 6.61. The molecule has 0 aliphatic carbocycles. The molecule has 1 aromatic rings. The lowest BCUT2D eigenvalue weighted by Crippen LogP contribution is -2.32. The standard InChI is InChI=1S/C14H20BrFN2O2/c1-9(2)7-17(8-10(3)4)12-6-5-11(15)13(16)14(12)18(19)20/h5-6,9-10H,7-8H2,1-4H3. The van der Waals surface area contributed by atoms with Gasteiger partial charge in [-0.3, -0.25) is 10.1 Å². The summed E-state index contributed by atoms with van der Waals surface area (Å²) in [6.07, 6.45) is 0. The van der Waals surface area contributed by atoms with Gasteiger partial charge in [0, 0.05) is 13.1 Å². The summed E-state index contributed by atoms with van der Waals surface area (Å²) in [5, 5.41) is 11.2. The topological polar surface area (TPSA) is 46.4 Å². The fraction of sp³-hybridized carbons (Fsp3) is 0.571. The molecule has 0 saturated carbocycles. The van der Waals surface area contributed by atoms with Crippen molar-refractivity contribution < 1.29 is 9.31 Å². The molecule has 0 saturated heterocycles. The summed E-state index contributed by atoms with van der Waals surface area (Å²) in [6, 6.07) is 3.13. The van der Waals surface area contributed by atoms with Crippen LogP contribution in [0.3, 0.4) is 0 Å². The van der Waals surface area contributed by atoms with Gasteiger partial charge in [-0.05, 0) is 39.9 Å². The predicted molar refractivity (Wildman–Crippen MR) is 82.6 cm³/mol. The molecule has 0 unspecified atom stereocenters. The molecular formula is C14H20BrFN2O2. The summed E-state index contributed by atoms with van der Waals surface area (Å²) in [6.45, 7) is 9.45. The van der Waals surface area contributed by atoms with Crippen molar-refractivity contribution in [2.24, 2.45) is 11.8 Å². The zero-order valence-electron chi connectivity index (χ0n) is 12.2. The second-order valence-corrected chi connectivity index (χ2v) is 6.53. The molecule has 0 aliphatic heterocycles. The van der Waals surface area contributed by atoms with E-state index in [0.717, 1.165) is 0 Å². The number of halogens is 2. The first-order chi connectivity index (χ1) is 9.23. The predicted octanol–water partition coefficient (Wildman–Crippen LogP) is 4.61. The van der Waals surface area contributed by atoms with Crippen LogP contribution in [-0.2, 0) is 0 Å². The van der Waals surface area contributed by atoms with Gasteiger partial charge in [0.1, 0.15) is 5.69 Å². The van der Waals surface area contributed by atoms with Gasteiger partial charge in [-0.25, -0.2) is 0 Å². The van der Waals surface area contributed by atoms with Crippen molar-refractivity contribution in [2.75, 3.05) is 18.0 Å². The van der Waals surface area contributed by atoms with E-state index in [-0.39, 0.29) is 4.47 Å². The lowest BCUT2D eigenvalue weighted by molar-refractivity contribution is -0.386. The Morgan fingerprint density at radius 1 is 1.25 bits per heavy atom. The van der Waals surface area contributed by atoms with Gasteiger partial charge in [-0.15, -0.1) is 0 Å². The number of benzene rings is 1. The van der Waals surface area contributed by atoms with Crippen LogP contribution in [0.25, 0.3) is 0 Å². The van der Waals surface area contributed by atoms with Gasteiger partial charge in [0.05, 0.1) is 9.40 Å². The fourth-order valence-corrected chi connectivity index (χ4v) is 2.43. The Balaban J connectivity index is 3.31. The van der Waals surface area contributed by atoms with Gasteiger partial charge < -0.3 is 4.90 Å². The monoisotopic (exact) mass is 346 g/mol. The highest BCUT2D eigenvalue weighted by Gasteiger charge is 2.27. The van der Waals surface area contributed by atoms with Gasteiger partial charge >= 0.3 is 5.69 Å². The van der Waals surface area contributed by atoms with Crippen LogP contribution in [0.1, 0.15) is 27.7 Å². The second-order valence-electron chi connectivity index (χ2n) is 5.68. The van der Waals surface area contributed by atoms with E-state index in [0.29, 0.717) is 30.6 Å². The summed E-state index contributed by atoms with van der Waals surface area (Å²) in [7, 11) is 0. The number of hydrogen-bond donors (Lipinski definition) is 0. The molecule has 0 aromatic heterocycles. The summed E-state index contributed by atoms with van der Waals surface area (Å²) in [5.41, 5.74) is -0.112. The van der Waals surface area contributed by atoms with Crippen LogP contribution < -0.4 is 4.90 Å². The molecule has 0 amide bonds. The fourth-order valence-electron chi connectivity index (χ4n) is 2.11. The zero-order chi connectivity index (χ0) is 15.4. The molecule has 0 atom stereocenters. The molecule has 0 N–H and O–H groups in total. The molecule has 0 radical (unpaired) electrons. The van der Waals surface area contributed by atoms with Crippen LogP contribution in [0.5, 0.6) is 0 Å². The Morgan fingerprint density at radius 2 is 1.75 bits per heavy atom. The number of nitro benzene ring substituents is 1. The summed E-state index contributed by atoms with van der Waals surface area (Å²) >= 11 is 3.00. The van der Waals surface area contributed by atoms with E-state index in [9.17, 15) is 14.5 Å². The van der Waals surface area contributed by atoms with E-state index in [2.05, 4.69) is 15.9 Å². The van der Waals surface area contributed by atoms with Gasteiger partial charge in [-0.2, -0.15) is 4.39 Å². The van der Waals surface area contributed by atoms with E-state index >= 15 is 0 Å². The van der Waals surface area contributed by atoms with Crippen molar-refractivity contribution in [3.8, 4) is 0 Å². The minimum absolute atomic E-state index is 0.113. The lowest BCUT2D eigenvalue weighted by atomic mass is 10.1. The zero-order valence-corrected chi connectivity index (χ0v) is 13.8. The first-order valence-corrected chi connectivity index (χ1v) is 7.40. The average Bonchev–Trinajstić information content (AvgIpc) is 2.29. The molecule has 1 aromatic carbocycles. The summed E-state index contributed by atoms with van der Waals surface area (Å²) in [4.78, 5) is 12.4. The van der Waals surface area contributed by atoms with Gasteiger partial charge in [0.25, 0.3) is 0 Å². The maximum absolute atomic E-state index is 14.0. The van der Waals surface area contributed by atoms with Crippen molar-refractivity contribution in [3.63, 3.8) is 0 Å². The lowest BCUT2D eigenvalue weighted by Gasteiger charge is -2.28. The summed E-state index contributed by atoms with van der Waals surface area (Å²) < 4.78 is 14.1. The van der Waals surface area contributed by atoms with E-state index in [1.807, 2.05) is 32.6 Å². The molecule has 4 nitrogen and oxygen atoms in total. The third-order valence-corrected chi connectivity index (χ3v) is 3.35. The molecule has 0 bridgehead atoms. The number of nitrogens with zero attached hydrogens (tertiary/aromatic N) is 2. The largest absolute Gasteiger partial charge is 0.365 e. The number of nitro groups is 1. The molecule has 0 aliphatic rings. The van der Waals surface area contributed by atoms with E-state index in [1.165, 1.54) is 6.07 Å². The Morgan fingerprint density at radius 3 is 2.15 bits per heavy atom. The minimum Gasteiger partial charge on any atom is -0.365 e. The Labute approximate surface area is 127 Å². The highest BCUT2D eigenvalue weighted by atomic mass is 79.9. The highest BCUT2D eigenvalue weighted by molar-refractivity contribution is 9.10. The maximum atomic E-state index is 14.0. The van der Waals surface area contributed by atoms with Gasteiger partial charge in [0.2, 0.25) is 5.82 Å². The second kappa shape index (κ2) is 7.02. The van der Waals surface area contributed by atoms with Crippen LogP contribution in [0, 0.1) is 27.8 Å². The van der Waals surface area contributed by atoms with Crippen LogP contribution in [0.2, 0.25) is 0 Å². The van der Waals surface area contributed by atoms with Crippen LogP contribution >= 0.6 is 15.9 Å². The minimum atomic E-state index is -0.815. The number of anilines is 1. The van der Waals surface area contributed by atoms with E-state index < -0.39 is 16.4 Å². The van der Waals surface area contributed by atoms with Crippen molar-refractivity contribution in [1.29, 1.82) is 0 Å². The average molecular weight is 347 g/mol. The Hall–Kier alpha value is -1.17. The normalized spacial score (nSPS) is 11.2. The third kappa shape index (κ3) is 4.16. The van der Waals surface area contributed by atoms with Crippen LogP contribution in [-0.4, -0.2) is 18.0 Å². The Bertz CT molecular complexity index is 482. The highest BCUT2D eigenvalue weighted by Crippen LogP contribution is 2.35. The Kier molecular flexibility index (Phi) is 5.92. The smallest absolute Gasteiger partial charge is 0.329 e. The molecule has 112 valence electrons. The molecule has 0 fully saturated rings. The van der Waals surface area contributed by atoms with Crippen molar-refractivity contribution in [1.82, 2.24) is 0 Å². The SMILES string of the molecule is CC(C)CN(CC(C)C)c1ccc(Br)c(F)c1[N+](=O)[O-]. The molecule has 6 heteroatoms. The van der Waals surface area contributed by atoms with E-state index in [1.54, 1.807) is 6.07 Å². The molecule has 0 heterocycles. The van der Waals surface area contributed by atoms with Crippen molar-refractivity contribution in [2.45, 2.75) is 27.7 Å². The molecule has 1 rings (SSSR count). The van der Waals surface area contributed by atoms with E-state index in [4.69, 9.17) is 0 Å². The van der Waals surface area contributed by atoms with Crippen molar-refractivity contribution >= 4 is 27.3 Å². The van der Waals surface area contributed by atoms with Crippen molar-refractivity contribution in [3.05, 3.63) is 32.5 Å². The number of rotatable bonds is 6. The van der Waals surface area contributed by atoms with Gasteiger partial charge in [0.15, 0.2) is 0 Å². The molecule has 0 spiro atoms. The third-order valence-electron chi connectivity index (χ3n) is 2.74. The van der Waals surface area contributed by atoms with Crippen LogP contribution in [0.15, 0.2) is 16.6 Å². The quantitative estimate of drug-likeness (QED) is 0.557. The molecular weight excluding hydrogens is 327 g/mol. The first kappa shape index (κ1) is 16.9.